The lowest BCUT2D eigenvalue weighted by Crippen LogP contribution is -2.39. The number of benzene rings is 2. The maximum atomic E-state index is 13.5. The molecule has 5 rings (SSSR count). The number of ether oxygens (including phenoxy) is 1. The van der Waals surface area contributed by atoms with Crippen LogP contribution in [-0.4, -0.2) is 64.7 Å². The van der Waals surface area contributed by atoms with Gasteiger partial charge >= 0.3 is 6.09 Å². The maximum absolute atomic E-state index is 13.5. The fourth-order valence-electron chi connectivity index (χ4n) is 5.46. The summed E-state index contributed by atoms with van der Waals surface area (Å²) in [4.78, 5) is 30.1. The predicted octanol–water partition coefficient (Wildman–Crippen LogP) is 5.99. The van der Waals surface area contributed by atoms with Gasteiger partial charge in [-0.05, 0) is 101 Å². The molecule has 2 aliphatic rings. The number of likely N-dealkylation sites (N-methyl/N-ethyl adjacent to an activating group) is 1. The van der Waals surface area contributed by atoms with Crippen molar-refractivity contribution in [3.63, 3.8) is 0 Å². The van der Waals surface area contributed by atoms with E-state index in [0.29, 0.717) is 24.7 Å². The van der Waals surface area contributed by atoms with E-state index in [1.165, 1.54) is 24.0 Å². The molecule has 37 heavy (non-hydrogen) atoms. The van der Waals surface area contributed by atoms with Crippen LogP contribution in [0.5, 0.6) is 0 Å². The first kappa shape index (κ1) is 25.3. The average Bonchev–Trinajstić information content (AvgIpc) is 3.46. The molecule has 3 aromatic rings. The topological polar surface area (TPSA) is 54.8 Å². The van der Waals surface area contributed by atoms with Crippen LogP contribution in [-0.2, 0) is 11.2 Å². The van der Waals surface area contributed by atoms with Crippen LogP contribution < -0.4 is 0 Å². The molecule has 1 fully saturated rings. The van der Waals surface area contributed by atoms with E-state index < -0.39 is 5.60 Å². The molecular formula is C31H37N3O3. The molecule has 194 valence electrons. The van der Waals surface area contributed by atoms with E-state index in [4.69, 9.17) is 4.74 Å². The molecule has 0 aliphatic carbocycles. The van der Waals surface area contributed by atoms with Gasteiger partial charge in [0, 0.05) is 36.3 Å². The molecule has 6 nitrogen and oxygen atoms in total. The summed E-state index contributed by atoms with van der Waals surface area (Å²) in [6.07, 6.45) is 8.01. The smallest absolute Gasteiger partial charge is 0.410 e. The van der Waals surface area contributed by atoms with Crippen LogP contribution in [0.2, 0.25) is 0 Å². The molecule has 1 saturated heterocycles. The predicted molar refractivity (Wildman–Crippen MR) is 148 cm³/mol. The van der Waals surface area contributed by atoms with Crippen molar-refractivity contribution in [3.8, 4) is 0 Å². The third-order valence-corrected chi connectivity index (χ3v) is 7.49. The zero-order valence-corrected chi connectivity index (χ0v) is 22.4. The number of hydrogen-bond acceptors (Lipinski definition) is 4. The Labute approximate surface area is 219 Å². The number of rotatable bonds is 4. The second-order valence-corrected chi connectivity index (χ2v) is 11.3. The van der Waals surface area contributed by atoms with Crippen molar-refractivity contribution >= 4 is 28.5 Å². The summed E-state index contributed by atoms with van der Waals surface area (Å²) in [6.45, 7) is 7.96. The normalized spacial score (nSPS) is 18.8. The number of fused-ring (bicyclic) bond motifs is 1. The number of amides is 1. The SMILES string of the molecule is CN1CCCC1Cc1cn(C(=O)c2ccccc2)c2ccc(C3=CCN(C(=O)OC(C)(C)C)CC3)cc12. The van der Waals surface area contributed by atoms with Gasteiger partial charge in [0.15, 0.2) is 0 Å². The van der Waals surface area contributed by atoms with Gasteiger partial charge in [0.05, 0.1) is 5.52 Å². The molecule has 0 radical (unpaired) electrons. The monoisotopic (exact) mass is 499 g/mol. The molecule has 1 aromatic heterocycles. The first-order valence-corrected chi connectivity index (χ1v) is 13.3. The highest BCUT2D eigenvalue weighted by molar-refractivity contribution is 6.03. The largest absolute Gasteiger partial charge is 0.444 e. The van der Waals surface area contributed by atoms with E-state index in [2.05, 4.69) is 42.4 Å². The zero-order chi connectivity index (χ0) is 26.2. The van der Waals surface area contributed by atoms with Gasteiger partial charge < -0.3 is 14.5 Å². The highest BCUT2D eigenvalue weighted by Gasteiger charge is 2.26. The van der Waals surface area contributed by atoms with E-state index in [1.807, 2.05) is 55.7 Å². The fraction of sp³-hybridized carbons (Fsp3) is 0.419. The molecule has 1 unspecified atom stereocenters. The Kier molecular flexibility index (Phi) is 6.95. The molecule has 0 spiro atoms. The third-order valence-electron chi connectivity index (χ3n) is 7.49. The summed E-state index contributed by atoms with van der Waals surface area (Å²) >= 11 is 0. The van der Waals surface area contributed by atoms with Crippen molar-refractivity contribution in [1.29, 1.82) is 0 Å². The minimum atomic E-state index is -0.500. The number of nitrogens with zero attached hydrogens (tertiary/aromatic N) is 3. The lowest BCUT2D eigenvalue weighted by Gasteiger charge is -2.29. The zero-order valence-electron chi connectivity index (χ0n) is 22.4. The molecule has 3 heterocycles. The highest BCUT2D eigenvalue weighted by Crippen LogP contribution is 2.32. The number of carbonyl (C=O) groups is 2. The van der Waals surface area contributed by atoms with Crippen LogP contribution in [0.1, 0.15) is 61.5 Å². The fourth-order valence-corrected chi connectivity index (χ4v) is 5.46. The van der Waals surface area contributed by atoms with E-state index in [0.717, 1.165) is 35.9 Å². The Morgan fingerprint density at radius 1 is 1.05 bits per heavy atom. The van der Waals surface area contributed by atoms with Gasteiger partial charge in [-0.3, -0.25) is 9.36 Å². The van der Waals surface area contributed by atoms with Gasteiger partial charge in [-0.2, -0.15) is 0 Å². The van der Waals surface area contributed by atoms with Crippen LogP contribution in [0.15, 0.2) is 60.8 Å². The van der Waals surface area contributed by atoms with Crippen molar-refractivity contribution in [2.75, 3.05) is 26.7 Å². The molecule has 2 aromatic carbocycles. The molecule has 0 saturated carbocycles. The van der Waals surface area contributed by atoms with Crippen LogP contribution >= 0.6 is 0 Å². The first-order chi connectivity index (χ1) is 17.7. The first-order valence-electron chi connectivity index (χ1n) is 13.3. The van der Waals surface area contributed by atoms with Gasteiger partial charge in [-0.15, -0.1) is 0 Å². The Morgan fingerprint density at radius 2 is 1.84 bits per heavy atom. The molecule has 6 heteroatoms. The molecule has 0 bridgehead atoms. The molecular weight excluding hydrogens is 462 g/mol. The summed E-state index contributed by atoms with van der Waals surface area (Å²) in [6, 6.07) is 16.4. The van der Waals surface area contributed by atoms with Crippen molar-refractivity contribution in [1.82, 2.24) is 14.4 Å². The van der Waals surface area contributed by atoms with Gasteiger partial charge in [0.25, 0.3) is 5.91 Å². The second kappa shape index (κ2) is 10.2. The van der Waals surface area contributed by atoms with Crippen molar-refractivity contribution < 1.29 is 14.3 Å². The summed E-state index contributed by atoms with van der Waals surface area (Å²) in [7, 11) is 2.20. The van der Waals surface area contributed by atoms with Crippen molar-refractivity contribution in [2.24, 2.45) is 0 Å². The van der Waals surface area contributed by atoms with Crippen molar-refractivity contribution in [3.05, 3.63) is 77.5 Å². The number of likely N-dealkylation sites (tertiary alicyclic amines) is 1. The highest BCUT2D eigenvalue weighted by atomic mass is 16.6. The summed E-state index contributed by atoms with van der Waals surface area (Å²) < 4.78 is 7.36. The Morgan fingerprint density at radius 3 is 2.49 bits per heavy atom. The van der Waals surface area contributed by atoms with Crippen LogP contribution in [0.25, 0.3) is 16.5 Å². The molecule has 0 N–H and O–H groups in total. The van der Waals surface area contributed by atoms with E-state index >= 15 is 0 Å². The standard InChI is InChI=1S/C31H37N3O3/c1-31(2,3)37-30(36)33-17-14-22(15-18-33)24-12-13-28-27(20-24)25(19-26-11-8-16-32(26)4)21-34(28)29(35)23-9-6-5-7-10-23/h5-7,9-10,12-14,20-21,26H,8,11,15-19H2,1-4H3. The van der Waals surface area contributed by atoms with Gasteiger partial charge in [-0.25, -0.2) is 4.79 Å². The van der Waals surface area contributed by atoms with Crippen molar-refractivity contribution in [2.45, 2.75) is 58.1 Å². The minimum Gasteiger partial charge on any atom is -0.444 e. The van der Waals surface area contributed by atoms with Crippen LogP contribution in [0.3, 0.4) is 0 Å². The lowest BCUT2D eigenvalue weighted by molar-refractivity contribution is 0.0270. The Hall–Kier alpha value is -3.38. The van der Waals surface area contributed by atoms with E-state index in [-0.39, 0.29) is 12.0 Å². The summed E-state index contributed by atoms with van der Waals surface area (Å²) in [5, 5.41) is 1.14. The number of carbonyl (C=O) groups excluding carboxylic acids is 2. The second-order valence-electron chi connectivity index (χ2n) is 11.3. The molecule has 1 atom stereocenters. The quantitative estimate of drug-likeness (QED) is 0.442. The van der Waals surface area contributed by atoms with Gasteiger partial charge in [-0.1, -0.05) is 30.3 Å². The average molecular weight is 500 g/mol. The van der Waals surface area contributed by atoms with Crippen LogP contribution in [0, 0.1) is 0 Å². The maximum Gasteiger partial charge on any atom is 0.410 e. The molecule has 1 amide bonds. The van der Waals surface area contributed by atoms with Gasteiger partial charge in [0.2, 0.25) is 0 Å². The minimum absolute atomic E-state index is 0.00531. The summed E-state index contributed by atoms with van der Waals surface area (Å²) in [5.74, 6) is -0.00531. The number of hydrogen-bond donors (Lipinski definition) is 0. The van der Waals surface area contributed by atoms with E-state index in [9.17, 15) is 9.59 Å². The van der Waals surface area contributed by atoms with Crippen LogP contribution in [0.4, 0.5) is 4.79 Å². The van der Waals surface area contributed by atoms with E-state index in [1.54, 1.807) is 4.90 Å². The molecule has 2 aliphatic heterocycles. The number of aromatic nitrogens is 1. The lowest BCUT2D eigenvalue weighted by atomic mass is 9.96. The Bertz CT molecular complexity index is 1330. The van der Waals surface area contributed by atoms with Gasteiger partial charge in [0.1, 0.15) is 5.60 Å². The third kappa shape index (κ3) is 5.49. The summed E-state index contributed by atoms with van der Waals surface area (Å²) in [5.41, 5.74) is 4.73. The Balaban J connectivity index is 1.46.